The maximum atomic E-state index is 13.6. The summed E-state index contributed by atoms with van der Waals surface area (Å²) in [6.07, 6.45) is 1.90. The van der Waals surface area contributed by atoms with E-state index in [1.807, 2.05) is 49.4 Å². The summed E-state index contributed by atoms with van der Waals surface area (Å²) in [5.41, 5.74) is 1.37. The summed E-state index contributed by atoms with van der Waals surface area (Å²) in [6, 6.07) is 14.5. The summed E-state index contributed by atoms with van der Waals surface area (Å²) in [5.74, 6) is -0.158. The van der Waals surface area contributed by atoms with E-state index in [0.29, 0.717) is 25.1 Å². The summed E-state index contributed by atoms with van der Waals surface area (Å²) in [6.45, 7) is 2.46. The second-order valence-corrected chi connectivity index (χ2v) is 10.1. The van der Waals surface area contributed by atoms with Crippen LogP contribution in [0.15, 0.2) is 54.6 Å². The minimum Gasteiger partial charge on any atom is -0.497 e. The maximum Gasteiger partial charge on any atom is 0.243 e. The third-order valence-electron chi connectivity index (χ3n) is 7.21. The van der Waals surface area contributed by atoms with Gasteiger partial charge in [0.1, 0.15) is 17.8 Å². The topological polar surface area (TPSA) is 117 Å². The van der Waals surface area contributed by atoms with E-state index in [0.717, 1.165) is 24.0 Å². The molecule has 192 valence electrons. The van der Waals surface area contributed by atoms with Gasteiger partial charge in [-0.1, -0.05) is 49.4 Å². The largest absolute Gasteiger partial charge is 0.497 e. The van der Waals surface area contributed by atoms with Gasteiger partial charge in [0.25, 0.3) is 0 Å². The van der Waals surface area contributed by atoms with Crippen LogP contribution in [0.5, 0.6) is 5.75 Å². The van der Waals surface area contributed by atoms with Crippen LogP contribution in [0.2, 0.25) is 0 Å². The number of hydrogen-bond donors (Lipinski definition) is 4. The van der Waals surface area contributed by atoms with E-state index < -0.39 is 41.5 Å². The van der Waals surface area contributed by atoms with Crippen LogP contribution < -0.4 is 20.7 Å². The third kappa shape index (κ3) is 6.30. The molecule has 36 heavy (non-hydrogen) atoms. The predicted octanol–water partition coefficient (Wildman–Crippen LogP) is 1.54. The highest BCUT2D eigenvalue weighted by molar-refractivity contribution is 5.97. The molecule has 1 saturated heterocycles. The van der Waals surface area contributed by atoms with Crippen molar-refractivity contribution in [3.8, 4) is 5.75 Å². The third-order valence-corrected chi connectivity index (χ3v) is 7.21. The number of amides is 2. The molecular formula is C28H35N3O5. The quantitative estimate of drug-likeness (QED) is 0.377. The Morgan fingerprint density at radius 2 is 1.64 bits per heavy atom. The Kier molecular flexibility index (Phi) is 8.06. The smallest absolute Gasteiger partial charge is 0.243 e. The number of carbonyl (C=O) groups is 3. The van der Waals surface area contributed by atoms with Gasteiger partial charge < -0.3 is 25.8 Å². The summed E-state index contributed by atoms with van der Waals surface area (Å²) in [5, 5.41) is 18.9. The van der Waals surface area contributed by atoms with Gasteiger partial charge in [-0.25, -0.2) is 0 Å². The standard InChI is InChI=1S/C28H35N3O5/c1-28(13-14-28)25(33)21(16-18-6-4-3-5-7-18)30-26(34)22(17-19-8-10-20(36-2)11-9-19)31-27(35)24-23(32)12-15-29-24/h3-11,21-24,29,32H,12-17H2,1-2H3,(H,30,34)(H,31,35). The zero-order valence-corrected chi connectivity index (χ0v) is 20.8. The molecule has 4 N–H and O–H groups in total. The van der Waals surface area contributed by atoms with Crippen LogP contribution in [0.1, 0.15) is 37.3 Å². The molecule has 1 aliphatic carbocycles. The minimum absolute atomic E-state index is 0.0158. The lowest BCUT2D eigenvalue weighted by molar-refractivity contribution is -0.133. The monoisotopic (exact) mass is 493 g/mol. The molecule has 1 heterocycles. The van der Waals surface area contributed by atoms with Crippen LogP contribution in [0, 0.1) is 5.41 Å². The number of methoxy groups -OCH3 is 1. The first-order chi connectivity index (χ1) is 17.3. The predicted molar refractivity (Wildman–Crippen MR) is 135 cm³/mol. The fourth-order valence-electron chi connectivity index (χ4n) is 4.61. The molecule has 2 fully saturated rings. The molecule has 2 aliphatic rings. The van der Waals surface area contributed by atoms with E-state index in [9.17, 15) is 19.5 Å². The zero-order valence-electron chi connectivity index (χ0n) is 20.8. The van der Waals surface area contributed by atoms with E-state index in [4.69, 9.17) is 4.74 Å². The van der Waals surface area contributed by atoms with Crippen molar-refractivity contribution in [3.05, 3.63) is 65.7 Å². The molecule has 0 radical (unpaired) electrons. The summed E-state index contributed by atoms with van der Waals surface area (Å²) in [4.78, 5) is 39.8. The van der Waals surface area contributed by atoms with Crippen LogP contribution in [0.3, 0.4) is 0 Å². The van der Waals surface area contributed by atoms with E-state index in [-0.39, 0.29) is 12.2 Å². The molecule has 8 nitrogen and oxygen atoms in total. The van der Waals surface area contributed by atoms with E-state index >= 15 is 0 Å². The summed E-state index contributed by atoms with van der Waals surface area (Å²) < 4.78 is 5.22. The van der Waals surface area contributed by atoms with Gasteiger partial charge in [0.2, 0.25) is 11.8 Å². The fourth-order valence-corrected chi connectivity index (χ4v) is 4.61. The van der Waals surface area contributed by atoms with Gasteiger partial charge in [0.05, 0.1) is 19.3 Å². The Morgan fingerprint density at radius 1 is 1.00 bits per heavy atom. The van der Waals surface area contributed by atoms with Crippen LogP contribution in [-0.2, 0) is 27.2 Å². The van der Waals surface area contributed by atoms with Gasteiger partial charge in [-0.15, -0.1) is 0 Å². The van der Waals surface area contributed by atoms with Crippen molar-refractivity contribution in [1.82, 2.24) is 16.0 Å². The number of aliphatic hydroxyl groups excluding tert-OH is 1. The van der Waals surface area contributed by atoms with Crippen LogP contribution in [0.4, 0.5) is 0 Å². The second-order valence-electron chi connectivity index (χ2n) is 10.1. The van der Waals surface area contributed by atoms with Crippen molar-refractivity contribution in [2.75, 3.05) is 13.7 Å². The minimum atomic E-state index is -0.918. The number of Topliss-reactive ketones (excluding diaryl/α,β-unsaturated/α-hetero) is 1. The van der Waals surface area contributed by atoms with Gasteiger partial charge >= 0.3 is 0 Å². The molecule has 2 aromatic rings. The fraction of sp³-hybridized carbons (Fsp3) is 0.464. The highest BCUT2D eigenvalue weighted by Gasteiger charge is 2.48. The Balaban J connectivity index is 1.53. The highest BCUT2D eigenvalue weighted by Crippen LogP contribution is 2.46. The first-order valence-electron chi connectivity index (χ1n) is 12.5. The SMILES string of the molecule is COc1ccc(CC(NC(=O)C2NCCC2O)C(=O)NC(Cc2ccccc2)C(=O)C2(C)CC2)cc1. The Bertz CT molecular complexity index is 1070. The van der Waals surface area contributed by atoms with E-state index in [2.05, 4.69) is 16.0 Å². The van der Waals surface area contributed by atoms with Crippen molar-refractivity contribution in [2.24, 2.45) is 5.41 Å². The van der Waals surface area contributed by atoms with Crippen LogP contribution in [-0.4, -0.2) is 60.6 Å². The Morgan fingerprint density at radius 3 is 2.22 bits per heavy atom. The molecule has 2 aromatic carbocycles. The molecule has 0 bridgehead atoms. The molecule has 0 spiro atoms. The van der Waals surface area contributed by atoms with Crippen LogP contribution in [0.25, 0.3) is 0 Å². The first kappa shape index (κ1) is 25.9. The number of carbonyl (C=O) groups excluding carboxylic acids is 3. The number of hydrogen-bond acceptors (Lipinski definition) is 6. The molecule has 4 atom stereocenters. The van der Waals surface area contributed by atoms with Crippen molar-refractivity contribution in [2.45, 2.75) is 63.3 Å². The molecule has 1 aliphatic heterocycles. The number of aliphatic hydroxyl groups is 1. The summed E-state index contributed by atoms with van der Waals surface area (Å²) >= 11 is 0. The normalized spacial score (nSPS) is 21.8. The average molecular weight is 494 g/mol. The number of ether oxygens (including phenoxy) is 1. The molecule has 8 heteroatoms. The van der Waals surface area contributed by atoms with Gasteiger partial charge in [-0.3, -0.25) is 14.4 Å². The lowest BCUT2D eigenvalue weighted by Crippen LogP contribution is -2.57. The average Bonchev–Trinajstić information content (AvgIpc) is 3.49. The number of benzene rings is 2. The molecule has 1 saturated carbocycles. The van der Waals surface area contributed by atoms with Crippen molar-refractivity contribution in [3.63, 3.8) is 0 Å². The highest BCUT2D eigenvalue weighted by atomic mass is 16.5. The molecular weight excluding hydrogens is 458 g/mol. The van der Waals surface area contributed by atoms with Gasteiger partial charge in [0, 0.05) is 11.8 Å². The number of ketones is 1. The maximum absolute atomic E-state index is 13.6. The molecule has 4 unspecified atom stereocenters. The van der Waals surface area contributed by atoms with Crippen molar-refractivity contribution >= 4 is 17.6 Å². The van der Waals surface area contributed by atoms with Gasteiger partial charge in [0.15, 0.2) is 5.78 Å². The second kappa shape index (κ2) is 11.2. The Hall–Kier alpha value is -3.23. The first-order valence-corrected chi connectivity index (χ1v) is 12.5. The van der Waals surface area contributed by atoms with Gasteiger partial charge in [-0.2, -0.15) is 0 Å². The van der Waals surface area contributed by atoms with Crippen molar-refractivity contribution in [1.29, 1.82) is 0 Å². The summed E-state index contributed by atoms with van der Waals surface area (Å²) in [7, 11) is 1.58. The molecule has 0 aromatic heterocycles. The number of rotatable bonds is 11. The van der Waals surface area contributed by atoms with E-state index in [1.54, 1.807) is 19.2 Å². The molecule has 2 amide bonds. The van der Waals surface area contributed by atoms with Crippen LogP contribution >= 0.6 is 0 Å². The van der Waals surface area contributed by atoms with Crippen molar-refractivity contribution < 1.29 is 24.2 Å². The zero-order chi connectivity index (χ0) is 25.7. The Labute approximate surface area is 211 Å². The lowest BCUT2D eigenvalue weighted by Gasteiger charge is -2.26. The number of nitrogens with one attached hydrogen (secondary N) is 3. The van der Waals surface area contributed by atoms with Gasteiger partial charge in [-0.05, 0) is 55.5 Å². The lowest BCUT2D eigenvalue weighted by atomic mass is 9.92. The molecule has 4 rings (SSSR count). The van der Waals surface area contributed by atoms with E-state index in [1.165, 1.54) is 0 Å².